The molecule has 3 rings (SSSR count). The first kappa shape index (κ1) is 13.4. The first-order chi connectivity index (χ1) is 9.08. The van der Waals surface area contributed by atoms with Crippen molar-refractivity contribution in [2.45, 2.75) is 44.2 Å². The number of rotatable bonds is 3. The predicted molar refractivity (Wildman–Crippen MR) is 73.6 cm³/mol. The Morgan fingerprint density at radius 3 is 2.47 bits per heavy atom. The highest BCUT2D eigenvalue weighted by atomic mass is 16.3. The minimum Gasteiger partial charge on any atom is -0.391 e. The molecule has 0 bridgehead atoms. The predicted octanol–water partition coefficient (Wildman–Crippen LogP) is 0.946. The van der Waals surface area contributed by atoms with Crippen molar-refractivity contribution in [3.8, 4) is 0 Å². The Balaban J connectivity index is 1.65. The molecule has 2 saturated carbocycles. The van der Waals surface area contributed by atoms with Crippen molar-refractivity contribution < 1.29 is 9.90 Å². The third-order valence-corrected chi connectivity index (χ3v) is 5.19. The van der Waals surface area contributed by atoms with Crippen LogP contribution in [0.5, 0.6) is 0 Å². The van der Waals surface area contributed by atoms with Crippen LogP contribution in [-0.2, 0) is 4.79 Å². The van der Waals surface area contributed by atoms with Crippen molar-refractivity contribution in [2.24, 2.45) is 17.8 Å². The third-order valence-electron chi connectivity index (χ3n) is 5.19. The molecule has 3 fully saturated rings. The third kappa shape index (κ3) is 2.52. The van der Waals surface area contributed by atoms with E-state index >= 15 is 0 Å². The lowest BCUT2D eigenvalue weighted by Crippen LogP contribution is -2.42. The molecule has 0 spiro atoms. The first-order valence-corrected chi connectivity index (χ1v) is 7.71. The second-order valence-electron chi connectivity index (χ2n) is 6.93. The molecule has 3 aliphatic rings. The van der Waals surface area contributed by atoms with E-state index < -0.39 is 0 Å². The molecule has 4 heteroatoms. The number of hydrogen-bond acceptors (Lipinski definition) is 3. The molecule has 1 amide bonds. The standard InChI is InChI=1S/C15H26N2O2/c1-16(2)8-10-7-11(18)9-17(10)15(19)14-12-5-3-4-6-13(12)14/h10-14,18H,3-9H2,1-2H3. The van der Waals surface area contributed by atoms with Crippen LogP contribution >= 0.6 is 0 Å². The van der Waals surface area contributed by atoms with Gasteiger partial charge in [-0.3, -0.25) is 4.79 Å². The zero-order valence-electron chi connectivity index (χ0n) is 12.1. The lowest BCUT2D eigenvalue weighted by atomic mass is 10.0. The Bertz CT molecular complexity index is 346. The van der Waals surface area contributed by atoms with E-state index in [-0.39, 0.29) is 18.1 Å². The van der Waals surface area contributed by atoms with Gasteiger partial charge in [0, 0.05) is 25.0 Å². The van der Waals surface area contributed by atoms with Gasteiger partial charge in [0.1, 0.15) is 0 Å². The number of aliphatic hydroxyl groups excluding tert-OH is 1. The summed E-state index contributed by atoms with van der Waals surface area (Å²) in [6.45, 7) is 1.41. The largest absolute Gasteiger partial charge is 0.391 e. The molecule has 0 aromatic heterocycles. The maximum atomic E-state index is 12.7. The molecule has 0 radical (unpaired) electrons. The molecule has 1 aliphatic heterocycles. The van der Waals surface area contributed by atoms with Gasteiger partial charge in [-0.2, -0.15) is 0 Å². The van der Waals surface area contributed by atoms with Crippen LogP contribution in [-0.4, -0.2) is 60.1 Å². The normalized spacial score (nSPS) is 41.5. The fourth-order valence-corrected chi connectivity index (χ4v) is 4.31. The van der Waals surface area contributed by atoms with Gasteiger partial charge in [-0.25, -0.2) is 0 Å². The van der Waals surface area contributed by atoms with Crippen LogP contribution in [0.25, 0.3) is 0 Å². The second kappa shape index (κ2) is 5.06. The monoisotopic (exact) mass is 266 g/mol. The number of carbonyl (C=O) groups is 1. The summed E-state index contributed by atoms with van der Waals surface area (Å²) in [7, 11) is 4.06. The highest BCUT2D eigenvalue weighted by Gasteiger charge is 2.57. The number of hydrogen-bond donors (Lipinski definition) is 1. The number of likely N-dealkylation sites (N-methyl/N-ethyl adjacent to an activating group) is 1. The SMILES string of the molecule is CN(C)CC1CC(O)CN1C(=O)C1C2CCCCC21. The van der Waals surface area contributed by atoms with E-state index in [0.29, 0.717) is 24.3 Å². The van der Waals surface area contributed by atoms with Gasteiger partial charge in [0.2, 0.25) is 5.91 Å². The minimum absolute atomic E-state index is 0.208. The van der Waals surface area contributed by atoms with Gasteiger partial charge in [0.25, 0.3) is 0 Å². The molecule has 0 aromatic rings. The molecule has 1 N–H and O–H groups in total. The van der Waals surface area contributed by atoms with Gasteiger partial charge in [-0.15, -0.1) is 0 Å². The summed E-state index contributed by atoms with van der Waals surface area (Å²) in [5.41, 5.74) is 0. The van der Waals surface area contributed by atoms with Crippen molar-refractivity contribution in [3.05, 3.63) is 0 Å². The fourth-order valence-electron chi connectivity index (χ4n) is 4.31. The summed E-state index contributed by atoms with van der Waals surface area (Å²) in [5.74, 6) is 1.95. The van der Waals surface area contributed by atoms with Gasteiger partial charge in [-0.05, 0) is 45.2 Å². The lowest BCUT2D eigenvalue weighted by Gasteiger charge is -2.27. The maximum Gasteiger partial charge on any atom is 0.226 e. The van der Waals surface area contributed by atoms with E-state index in [1.807, 2.05) is 19.0 Å². The van der Waals surface area contributed by atoms with Crippen molar-refractivity contribution in [2.75, 3.05) is 27.2 Å². The zero-order chi connectivity index (χ0) is 13.6. The van der Waals surface area contributed by atoms with Gasteiger partial charge in [0.05, 0.1) is 6.10 Å². The fraction of sp³-hybridized carbons (Fsp3) is 0.933. The van der Waals surface area contributed by atoms with Crippen molar-refractivity contribution in [1.82, 2.24) is 9.80 Å². The number of amides is 1. The Kier molecular flexibility index (Phi) is 3.56. The van der Waals surface area contributed by atoms with Crippen LogP contribution < -0.4 is 0 Å². The van der Waals surface area contributed by atoms with Crippen molar-refractivity contribution in [1.29, 1.82) is 0 Å². The smallest absolute Gasteiger partial charge is 0.226 e. The van der Waals surface area contributed by atoms with E-state index in [2.05, 4.69) is 4.90 Å². The van der Waals surface area contributed by atoms with E-state index in [9.17, 15) is 9.90 Å². The summed E-state index contributed by atoms with van der Waals surface area (Å²) in [5, 5.41) is 9.88. The topological polar surface area (TPSA) is 43.8 Å². The average Bonchev–Trinajstić information content (AvgIpc) is 2.97. The van der Waals surface area contributed by atoms with Crippen molar-refractivity contribution in [3.63, 3.8) is 0 Å². The molecule has 4 unspecified atom stereocenters. The zero-order valence-corrected chi connectivity index (χ0v) is 12.1. The van der Waals surface area contributed by atoms with Crippen LogP contribution in [0.15, 0.2) is 0 Å². The molecule has 1 saturated heterocycles. The molecule has 4 atom stereocenters. The van der Waals surface area contributed by atoms with E-state index in [1.54, 1.807) is 0 Å². The van der Waals surface area contributed by atoms with E-state index in [4.69, 9.17) is 0 Å². The molecule has 108 valence electrons. The average molecular weight is 266 g/mol. The number of β-amino-alcohol motifs (C(OH)–C–C–N with tert-alkyl or cyclic N) is 1. The second-order valence-corrected chi connectivity index (χ2v) is 6.93. The summed E-state index contributed by atoms with van der Waals surface area (Å²) >= 11 is 0. The quantitative estimate of drug-likeness (QED) is 0.827. The van der Waals surface area contributed by atoms with Gasteiger partial charge in [-0.1, -0.05) is 12.8 Å². The Labute approximate surface area is 115 Å². The highest BCUT2D eigenvalue weighted by Crippen LogP contribution is 2.56. The molecule has 0 aromatic carbocycles. The lowest BCUT2D eigenvalue weighted by molar-refractivity contribution is -0.134. The van der Waals surface area contributed by atoms with Gasteiger partial charge in [0.15, 0.2) is 0 Å². The van der Waals surface area contributed by atoms with Crippen LogP contribution in [0.1, 0.15) is 32.1 Å². The van der Waals surface area contributed by atoms with Crippen LogP contribution in [0, 0.1) is 17.8 Å². The maximum absolute atomic E-state index is 12.7. The number of carbonyl (C=O) groups excluding carboxylic acids is 1. The van der Waals surface area contributed by atoms with E-state index in [0.717, 1.165) is 13.0 Å². The van der Waals surface area contributed by atoms with Crippen LogP contribution in [0.3, 0.4) is 0 Å². The summed E-state index contributed by atoms with van der Waals surface area (Å²) in [6, 6.07) is 0.208. The van der Waals surface area contributed by atoms with E-state index in [1.165, 1.54) is 25.7 Å². The number of aliphatic hydroxyl groups is 1. The molecule has 19 heavy (non-hydrogen) atoms. The van der Waals surface area contributed by atoms with Crippen molar-refractivity contribution >= 4 is 5.91 Å². The summed E-state index contributed by atoms with van der Waals surface area (Å²) < 4.78 is 0. The molecule has 1 heterocycles. The van der Waals surface area contributed by atoms with Gasteiger partial charge >= 0.3 is 0 Å². The Morgan fingerprint density at radius 1 is 1.26 bits per heavy atom. The molecular weight excluding hydrogens is 240 g/mol. The number of fused-ring (bicyclic) bond motifs is 1. The Morgan fingerprint density at radius 2 is 1.89 bits per heavy atom. The summed E-state index contributed by atoms with van der Waals surface area (Å²) in [6.07, 6.45) is 5.51. The number of likely N-dealkylation sites (tertiary alicyclic amines) is 1. The summed E-state index contributed by atoms with van der Waals surface area (Å²) in [4.78, 5) is 16.8. The minimum atomic E-state index is -0.324. The van der Waals surface area contributed by atoms with Crippen LogP contribution in [0.4, 0.5) is 0 Å². The van der Waals surface area contributed by atoms with Gasteiger partial charge < -0.3 is 14.9 Å². The first-order valence-electron chi connectivity index (χ1n) is 7.71. The van der Waals surface area contributed by atoms with Crippen LogP contribution in [0.2, 0.25) is 0 Å². The highest BCUT2D eigenvalue weighted by molar-refractivity contribution is 5.83. The number of nitrogens with zero attached hydrogens (tertiary/aromatic N) is 2. The molecular formula is C15H26N2O2. The molecule has 4 nitrogen and oxygen atoms in total. The Hall–Kier alpha value is -0.610. The molecule has 2 aliphatic carbocycles.